The van der Waals surface area contributed by atoms with Crippen LogP contribution in [0.2, 0.25) is 0 Å². The number of halogens is 2. The number of amides is 1. The Labute approximate surface area is 164 Å². The summed E-state index contributed by atoms with van der Waals surface area (Å²) in [6.45, 7) is 1.59. The third-order valence-electron chi connectivity index (χ3n) is 3.29. The molecule has 0 fully saturated rings. The van der Waals surface area contributed by atoms with Gasteiger partial charge in [-0.15, -0.1) is 11.3 Å². The molecule has 136 valence electrons. The number of nitrogens with zero attached hydrogens (tertiary/aromatic N) is 2. The van der Waals surface area contributed by atoms with E-state index in [4.69, 9.17) is 5.14 Å². The van der Waals surface area contributed by atoms with Gasteiger partial charge in [0, 0.05) is 16.6 Å². The predicted octanol–water partition coefficient (Wildman–Crippen LogP) is 3.38. The van der Waals surface area contributed by atoms with Crippen molar-refractivity contribution in [2.45, 2.75) is 11.1 Å². The van der Waals surface area contributed by atoms with Gasteiger partial charge >= 0.3 is 0 Å². The molecule has 7 nitrogen and oxygen atoms in total. The molecule has 0 unspecified atom stereocenters. The molecule has 0 spiro atoms. The molecule has 0 radical (unpaired) electrons. The summed E-state index contributed by atoms with van der Waals surface area (Å²) in [5, 5.41) is 8.14. The Hall–Kier alpha value is -1.73. The van der Waals surface area contributed by atoms with Gasteiger partial charge in [-0.2, -0.15) is 4.39 Å². The van der Waals surface area contributed by atoms with Crippen LogP contribution in [0.5, 0.6) is 0 Å². The van der Waals surface area contributed by atoms with E-state index < -0.39 is 21.9 Å². The number of thiophene rings is 1. The van der Waals surface area contributed by atoms with Crippen molar-refractivity contribution in [3.63, 3.8) is 0 Å². The lowest BCUT2D eigenvalue weighted by Crippen LogP contribution is -2.19. The van der Waals surface area contributed by atoms with E-state index in [1.165, 1.54) is 29.8 Å². The molecule has 26 heavy (non-hydrogen) atoms. The van der Waals surface area contributed by atoms with Crippen molar-refractivity contribution in [1.29, 1.82) is 0 Å². The van der Waals surface area contributed by atoms with E-state index >= 15 is 0 Å². The van der Waals surface area contributed by atoms with Crippen LogP contribution in [0.4, 0.5) is 9.52 Å². The highest BCUT2D eigenvalue weighted by Crippen LogP contribution is 2.38. The van der Waals surface area contributed by atoms with Gasteiger partial charge in [0.25, 0.3) is 5.91 Å². The monoisotopic (exact) mass is 476 g/mol. The van der Waals surface area contributed by atoms with Crippen molar-refractivity contribution in [3.8, 4) is 10.4 Å². The summed E-state index contributed by atoms with van der Waals surface area (Å²) < 4.78 is 37.4. The lowest BCUT2D eigenvalue weighted by atomic mass is 10.1. The molecule has 3 rings (SSSR count). The summed E-state index contributed by atoms with van der Waals surface area (Å²) in [6.07, 6.45) is 2.78. The summed E-state index contributed by atoms with van der Waals surface area (Å²) in [5.41, 5.74) is 0.818. The fourth-order valence-corrected chi connectivity index (χ4v) is 5.58. The second-order valence-corrected chi connectivity index (χ2v) is 10.2. The third-order valence-corrected chi connectivity index (χ3v) is 7.48. The second kappa shape index (κ2) is 7.12. The molecule has 3 aromatic rings. The van der Waals surface area contributed by atoms with Crippen molar-refractivity contribution >= 4 is 59.7 Å². The summed E-state index contributed by atoms with van der Waals surface area (Å²) in [6, 6.07) is 2.60. The first-order chi connectivity index (χ1) is 12.2. The first-order valence-corrected chi connectivity index (χ1v) is 10.8. The second-order valence-electron chi connectivity index (χ2n) is 5.06. The number of sulfonamides is 1. The third kappa shape index (κ3) is 3.83. The van der Waals surface area contributed by atoms with Crippen LogP contribution < -0.4 is 10.5 Å². The van der Waals surface area contributed by atoms with Crippen LogP contribution in [0.15, 0.2) is 32.5 Å². The van der Waals surface area contributed by atoms with Gasteiger partial charge in [-0.3, -0.25) is 10.1 Å². The first-order valence-electron chi connectivity index (χ1n) is 6.87. The van der Waals surface area contributed by atoms with Crippen LogP contribution in [0.1, 0.15) is 15.9 Å². The van der Waals surface area contributed by atoms with Crippen molar-refractivity contribution in [2.75, 3.05) is 5.32 Å². The number of nitrogens with two attached hydrogens (primary N) is 1. The van der Waals surface area contributed by atoms with Crippen LogP contribution in [-0.4, -0.2) is 24.3 Å². The normalized spacial score (nSPS) is 11.5. The van der Waals surface area contributed by atoms with Crippen LogP contribution in [0, 0.1) is 12.9 Å². The Morgan fingerprint density at radius 3 is 2.54 bits per heavy atom. The predicted molar refractivity (Wildman–Crippen MR) is 101 cm³/mol. The van der Waals surface area contributed by atoms with Gasteiger partial charge in [-0.05, 0) is 40.5 Å². The number of carbonyl (C=O) groups excluding carboxylic acids is 1. The molecule has 0 bridgehead atoms. The number of primary sulfonamides is 1. The molecule has 3 aromatic heterocycles. The number of aromatic nitrogens is 2. The van der Waals surface area contributed by atoms with Crippen LogP contribution in [0.25, 0.3) is 10.4 Å². The first kappa shape index (κ1) is 19.0. The van der Waals surface area contributed by atoms with Crippen molar-refractivity contribution in [3.05, 3.63) is 45.4 Å². The SMILES string of the molecule is Cc1c(-c2ccc(F)nc2)sc(S(N)(=O)=O)c1C(=O)Nc1ncc(Br)s1. The van der Waals surface area contributed by atoms with Gasteiger partial charge in [0.15, 0.2) is 5.13 Å². The molecule has 0 aliphatic heterocycles. The van der Waals surface area contributed by atoms with Crippen LogP contribution in [0.3, 0.4) is 0 Å². The van der Waals surface area contributed by atoms with Gasteiger partial charge in [-0.1, -0.05) is 11.3 Å². The molecule has 1 amide bonds. The Bertz CT molecular complexity index is 1090. The van der Waals surface area contributed by atoms with Crippen molar-refractivity contribution in [1.82, 2.24) is 9.97 Å². The minimum absolute atomic E-state index is 0.0665. The molecule has 0 saturated carbocycles. The molecular formula is C14H10BrFN4O3S3. The number of hydrogen-bond acceptors (Lipinski definition) is 7. The Balaban J connectivity index is 2.11. The summed E-state index contributed by atoms with van der Waals surface area (Å²) in [4.78, 5) is 20.7. The van der Waals surface area contributed by atoms with Crippen molar-refractivity contribution in [2.24, 2.45) is 5.14 Å². The minimum atomic E-state index is -4.15. The lowest BCUT2D eigenvalue weighted by molar-refractivity contribution is 0.102. The largest absolute Gasteiger partial charge is 0.298 e. The Morgan fingerprint density at radius 1 is 1.27 bits per heavy atom. The highest BCUT2D eigenvalue weighted by molar-refractivity contribution is 9.11. The van der Waals surface area contributed by atoms with Gasteiger partial charge in [-0.25, -0.2) is 23.5 Å². The fourth-order valence-electron chi connectivity index (χ4n) is 2.21. The Kier molecular flexibility index (Phi) is 5.21. The molecule has 0 aliphatic carbocycles. The zero-order valence-electron chi connectivity index (χ0n) is 13.0. The zero-order valence-corrected chi connectivity index (χ0v) is 17.0. The molecule has 3 heterocycles. The number of anilines is 1. The molecular weight excluding hydrogens is 467 g/mol. The molecule has 0 atom stereocenters. The maximum atomic E-state index is 13.1. The standard InChI is InChI=1S/C14H10BrFN4O3S3/c1-6-10(12(21)20-14-19-5-8(15)24-14)13(26(17,22)23)25-11(6)7-2-3-9(16)18-4-7/h2-5H,1H3,(H2,17,22,23)(H,19,20,21). The van der Waals surface area contributed by atoms with E-state index in [1.54, 1.807) is 6.92 Å². The van der Waals surface area contributed by atoms with Gasteiger partial charge in [0.05, 0.1) is 15.5 Å². The van der Waals surface area contributed by atoms with E-state index in [-0.39, 0.29) is 9.77 Å². The quantitative estimate of drug-likeness (QED) is 0.559. The summed E-state index contributed by atoms with van der Waals surface area (Å²) in [5.74, 6) is -1.31. The molecule has 3 N–H and O–H groups in total. The molecule has 12 heteroatoms. The van der Waals surface area contributed by atoms with E-state index in [1.807, 2.05) is 0 Å². The summed E-state index contributed by atoms with van der Waals surface area (Å²) >= 11 is 5.25. The summed E-state index contributed by atoms with van der Waals surface area (Å²) in [7, 11) is -4.15. The fraction of sp³-hybridized carbons (Fsp3) is 0.0714. The number of rotatable bonds is 4. The topological polar surface area (TPSA) is 115 Å². The maximum absolute atomic E-state index is 13.1. The van der Waals surface area contributed by atoms with E-state index in [0.29, 0.717) is 24.9 Å². The average molecular weight is 477 g/mol. The van der Waals surface area contributed by atoms with Gasteiger partial charge in [0.2, 0.25) is 16.0 Å². The van der Waals surface area contributed by atoms with Gasteiger partial charge in [0.1, 0.15) is 4.21 Å². The van der Waals surface area contributed by atoms with E-state index in [0.717, 1.165) is 17.4 Å². The highest BCUT2D eigenvalue weighted by atomic mass is 79.9. The van der Waals surface area contributed by atoms with E-state index in [9.17, 15) is 17.6 Å². The lowest BCUT2D eigenvalue weighted by Gasteiger charge is -2.04. The number of nitrogens with one attached hydrogen (secondary N) is 1. The van der Waals surface area contributed by atoms with Crippen molar-refractivity contribution < 1.29 is 17.6 Å². The molecule has 0 aromatic carbocycles. The van der Waals surface area contributed by atoms with Crippen LogP contribution in [-0.2, 0) is 10.0 Å². The maximum Gasteiger partial charge on any atom is 0.259 e. The Morgan fingerprint density at radius 2 is 2.00 bits per heavy atom. The smallest absolute Gasteiger partial charge is 0.259 e. The number of hydrogen-bond donors (Lipinski definition) is 2. The van der Waals surface area contributed by atoms with Crippen LogP contribution >= 0.6 is 38.6 Å². The van der Waals surface area contributed by atoms with Gasteiger partial charge < -0.3 is 0 Å². The zero-order chi connectivity index (χ0) is 19.1. The molecule has 0 aliphatic rings. The minimum Gasteiger partial charge on any atom is -0.298 e. The number of pyridine rings is 1. The number of thiazole rings is 1. The van der Waals surface area contributed by atoms with E-state index in [2.05, 4.69) is 31.2 Å². The molecule has 0 saturated heterocycles. The highest BCUT2D eigenvalue weighted by Gasteiger charge is 2.28. The average Bonchev–Trinajstić information content (AvgIpc) is 3.11. The number of carbonyl (C=O) groups is 1.